The fraction of sp³-hybridized carbons (Fsp3) is 0.533. The fourth-order valence-electron chi connectivity index (χ4n) is 2.03. The first-order chi connectivity index (χ1) is 13.1. The van der Waals surface area contributed by atoms with Gasteiger partial charge in [-0.15, -0.1) is 0 Å². The summed E-state index contributed by atoms with van der Waals surface area (Å²) in [7, 11) is 0. The Morgan fingerprint density at radius 2 is 1.89 bits per heavy atom. The number of imidazole rings is 1. The van der Waals surface area contributed by atoms with Crippen molar-refractivity contribution in [3.05, 3.63) is 18.2 Å². The van der Waals surface area contributed by atoms with E-state index in [1.54, 1.807) is 0 Å². The molecule has 13 heteroatoms. The van der Waals surface area contributed by atoms with Crippen molar-refractivity contribution in [1.29, 1.82) is 0 Å². The molecular weight excluding hydrogens is 376 g/mol. The Kier molecular flexibility index (Phi) is 9.01. The molecule has 0 aliphatic heterocycles. The van der Waals surface area contributed by atoms with E-state index in [0.717, 1.165) is 0 Å². The summed E-state index contributed by atoms with van der Waals surface area (Å²) in [5.41, 5.74) is 5.92. The molecule has 13 nitrogen and oxygen atoms in total. The Bertz CT molecular complexity index is 678. The lowest BCUT2D eigenvalue weighted by Crippen LogP contribution is -2.56. The van der Waals surface area contributed by atoms with Crippen molar-refractivity contribution in [2.75, 3.05) is 13.2 Å². The number of nitrogens with zero attached hydrogens (tertiary/aromatic N) is 1. The van der Waals surface area contributed by atoms with E-state index < -0.39 is 61.1 Å². The summed E-state index contributed by atoms with van der Waals surface area (Å²) in [6.45, 7) is -0.0749. The highest BCUT2D eigenvalue weighted by Crippen LogP contribution is 1.99. The van der Waals surface area contributed by atoms with E-state index in [2.05, 4.69) is 25.9 Å². The van der Waals surface area contributed by atoms with E-state index in [4.69, 9.17) is 5.73 Å². The number of hydrogen-bond donors (Lipinski definition) is 8. The molecular formula is C15H24N6O7. The van der Waals surface area contributed by atoms with Crippen molar-refractivity contribution in [2.45, 2.75) is 37.6 Å². The number of aromatic amines is 1. The molecule has 1 heterocycles. The molecule has 0 saturated carbocycles. The summed E-state index contributed by atoms with van der Waals surface area (Å²) < 4.78 is 0. The van der Waals surface area contributed by atoms with Crippen LogP contribution < -0.4 is 21.7 Å². The van der Waals surface area contributed by atoms with Crippen LogP contribution in [0, 0.1) is 0 Å². The number of aliphatic hydroxyl groups excluding tert-OH is 2. The highest BCUT2D eigenvalue weighted by atomic mass is 16.4. The molecule has 4 unspecified atom stereocenters. The molecule has 0 aliphatic rings. The van der Waals surface area contributed by atoms with Gasteiger partial charge < -0.3 is 42.0 Å². The number of rotatable bonds is 11. The number of carboxylic acids is 1. The highest BCUT2D eigenvalue weighted by Gasteiger charge is 2.26. The van der Waals surface area contributed by atoms with Gasteiger partial charge in [0.05, 0.1) is 25.6 Å². The molecule has 9 N–H and O–H groups in total. The summed E-state index contributed by atoms with van der Waals surface area (Å²) in [5.74, 6) is -3.81. The molecule has 28 heavy (non-hydrogen) atoms. The van der Waals surface area contributed by atoms with Gasteiger partial charge >= 0.3 is 5.97 Å². The average molecular weight is 400 g/mol. The maximum absolute atomic E-state index is 12.0. The van der Waals surface area contributed by atoms with E-state index in [0.29, 0.717) is 5.69 Å². The Hall–Kier alpha value is -3.03. The molecule has 1 rings (SSSR count). The topological polar surface area (TPSA) is 220 Å². The molecule has 156 valence electrons. The molecule has 1 aromatic heterocycles. The van der Waals surface area contributed by atoms with Gasteiger partial charge in [-0.1, -0.05) is 0 Å². The fourth-order valence-corrected chi connectivity index (χ4v) is 2.03. The minimum atomic E-state index is -1.40. The summed E-state index contributed by atoms with van der Waals surface area (Å²) in [4.78, 5) is 53.3. The van der Waals surface area contributed by atoms with Crippen LogP contribution in [0.5, 0.6) is 0 Å². The van der Waals surface area contributed by atoms with Gasteiger partial charge in [0, 0.05) is 18.3 Å². The van der Waals surface area contributed by atoms with Crippen LogP contribution >= 0.6 is 0 Å². The zero-order valence-electron chi connectivity index (χ0n) is 15.1. The third-order valence-corrected chi connectivity index (χ3v) is 3.67. The van der Waals surface area contributed by atoms with Gasteiger partial charge in [-0.2, -0.15) is 0 Å². The average Bonchev–Trinajstić information content (AvgIpc) is 3.15. The zero-order chi connectivity index (χ0) is 21.3. The molecule has 0 bridgehead atoms. The van der Waals surface area contributed by atoms with E-state index >= 15 is 0 Å². The quantitative estimate of drug-likeness (QED) is 0.180. The summed E-state index contributed by atoms with van der Waals surface area (Å²) in [6.07, 6.45) is 1.57. The maximum atomic E-state index is 12.0. The molecule has 1 aromatic rings. The zero-order valence-corrected chi connectivity index (χ0v) is 15.1. The van der Waals surface area contributed by atoms with Crippen LogP contribution in [0.4, 0.5) is 0 Å². The van der Waals surface area contributed by atoms with Gasteiger partial charge in [-0.3, -0.25) is 14.4 Å². The first-order valence-electron chi connectivity index (χ1n) is 8.27. The van der Waals surface area contributed by atoms with E-state index in [9.17, 15) is 34.5 Å². The van der Waals surface area contributed by atoms with Crippen LogP contribution in [-0.2, 0) is 25.6 Å². The number of carbonyl (C=O) groups is 4. The Balaban J connectivity index is 2.53. The molecule has 0 fully saturated rings. The second-order valence-corrected chi connectivity index (χ2v) is 5.97. The van der Waals surface area contributed by atoms with Crippen molar-refractivity contribution in [3.8, 4) is 0 Å². The summed E-state index contributed by atoms with van der Waals surface area (Å²) in [5, 5.41) is 34.2. The van der Waals surface area contributed by atoms with Crippen LogP contribution in [0.3, 0.4) is 0 Å². The van der Waals surface area contributed by atoms with Crippen LogP contribution in [0.1, 0.15) is 12.6 Å². The minimum absolute atomic E-state index is 0.0401. The first-order valence-corrected chi connectivity index (χ1v) is 8.27. The summed E-state index contributed by atoms with van der Waals surface area (Å²) >= 11 is 0. The standard InChI is InChI=1S/C15H24N6O7/c1-7(23)12(16)14(26)21-10(5-22)13(25)18-4-11(24)20-9(15(27)28)2-8-3-17-6-19-8/h3,6-7,9-10,12,22-23H,2,4-5,16H2,1H3,(H,17,19)(H,18,25)(H,20,24)(H,21,26)(H,27,28). The predicted molar refractivity (Wildman–Crippen MR) is 93.5 cm³/mol. The van der Waals surface area contributed by atoms with Crippen LogP contribution in [0.25, 0.3) is 0 Å². The van der Waals surface area contributed by atoms with E-state index in [-0.39, 0.29) is 6.42 Å². The van der Waals surface area contributed by atoms with Crippen molar-refractivity contribution in [2.24, 2.45) is 5.73 Å². The third kappa shape index (κ3) is 7.30. The Morgan fingerprint density at radius 3 is 2.39 bits per heavy atom. The molecule has 0 spiro atoms. The normalized spacial score (nSPS) is 15.0. The van der Waals surface area contributed by atoms with Gasteiger partial charge in [0.25, 0.3) is 0 Å². The number of aliphatic carboxylic acids is 1. The number of carboxylic acid groups (broad SMARTS) is 1. The number of nitrogens with one attached hydrogen (secondary N) is 4. The second-order valence-electron chi connectivity index (χ2n) is 5.97. The first kappa shape index (κ1) is 23.0. The van der Waals surface area contributed by atoms with Crippen molar-refractivity contribution < 1.29 is 34.5 Å². The van der Waals surface area contributed by atoms with Gasteiger partial charge in [0.1, 0.15) is 18.1 Å². The SMILES string of the molecule is CC(O)C(N)C(=O)NC(CO)C(=O)NCC(=O)NC(Cc1cnc[nH]1)C(=O)O. The Labute approximate surface area is 159 Å². The molecule has 4 atom stereocenters. The number of nitrogens with two attached hydrogens (primary N) is 1. The van der Waals surface area contributed by atoms with Crippen molar-refractivity contribution in [3.63, 3.8) is 0 Å². The molecule has 0 saturated heterocycles. The number of hydrogen-bond acceptors (Lipinski definition) is 8. The highest BCUT2D eigenvalue weighted by molar-refractivity contribution is 5.92. The van der Waals surface area contributed by atoms with Gasteiger partial charge in [0.15, 0.2) is 0 Å². The van der Waals surface area contributed by atoms with Crippen LogP contribution in [-0.4, -0.2) is 86.4 Å². The van der Waals surface area contributed by atoms with Gasteiger partial charge in [-0.05, 0) is 6.92 Å². The Morgan fingerprint density at radius 1 is 1.21 bits per heavy atom. The third-order valence-electron chi connectivity index (χ3n) is 3.67. The van der Waals surface area contributed by atoms with Gasteiger partial charge in [-0.25, -0.2) is 9.78 Å². The van der Waals surface area contributed by atoms with E-state index in [1.807, 2.05) is 0 Å². The lowest BCUT2D eigenvalue weighted by molar-refractivity contribution is -0.141. The predicted octanol–water partition coefficient (Wildman–Crippen LogP) is -4.18. The second kappa shape index (κ2) is 11.0. The largest absolute Gasteiger partial charge is 0.480 e. The van der Waals surface area contributed by atoms with Crippen LogP contribution in [0.15, 0.2) is 12.5 Å². The molecule has 3 amide bonds. The monoisotopic (exact) mass is 400 g/mol. The number of carbonyl (C=O) groups excluding carboxylic acids is 3. The van der Waals surface area contributed by atoms with Crippen molar-refractivity contribution >= 4 is 23.7 Å². The summed E-state index contributed by atoms with van der Waals surface area (Å²) in [6, 6.07) is -3.95. The number of amides is 3. The van der Waals surface area contributed by atoms with E-state index in [1.165, 1.54) is 19.4 Å². The van der Waals surface area contributed by atoms with Gasteiger partial charge in [0.2, 0.25) is 17.7 Å². The number of aliphatic hydroxyl groups is 2. The minimum Gasteiger partial charge on any atom is -0.480 e. The lowest BCUT2D eigenvalue weighted by Gasteiger charge is -2.20. The number of H-pyrrole nitrogens is 1. The van der Waals surface area contributed by atoms with Crippen molar-refractivity contribution in [1.82, 2.24) is 25.9 Å². The molecule has 0 aromatic carbocycles. The smallest absolute Gasteiger partial charge is 0.326 e. The maximum Gasteiger partial charge on any atom is 0.326 e. The number of aromatic nitrogens is 2. The lowest BCUT2D eigenvalue weighted by atomic mass is 10.1. The molecule has 0 aliphatic carbocycles. The van der Waals surface area contributed by atoms with Crippen LogP contribution in [0.2, 0.25) is 0 Å². The molecule has 0 radical (unpaired) electrons.